The van der Waals surface area contributed by atoms with Gasteiger partial charge < -0.3 is 0 Å². The number of hydrogen-bond acceptors (Lipinski definition) is 0. The van der Waals surface area contributed by atoms with Crippen molar-refractivity contribution in [1.29, 1.82) is 0 Å². The summed E-state index contributed by atoms with van der Waals surface area (Å²) < 4.78 is 0. The molecule has 0 aliphatic heterocycles. The Morgan fingerprint density at radius 1 is 0.0600 bits per heavy atom. The van der Waals surface area contributed by atoms with E-state index in [1.54, 1.807) is 0 Å². The van der Waals surface area contributed by atoms with E-state index in [9.17, 15) is 0 Å². The van der Waals surface area contributed by atoms with Crippen LogP contribution in [-0.4, -0.2) is 0 Å². The first-order chi connectivity index (χ1) is 0. The van der Waals surface area contributed by atoms with Gasteiger partial charge in [0.2, 0.25) is 0 Å². The molecule has 0 rings (SSSR count). The van der Waals surface area contributed by atoms with Gasteiger partial charge in [0.15, 0.2) is 0 Å². The van der Waals surface area contributed by atoms with Crippen molar-refractivity contribution in [3.05, 3.63) is 0 Å². The van der Waals surface area contributed by atoms with Crippen LogP contribution >= 0.6 is 0 Å². The maximum Gasteiger partial charge on any atom is 0 e. The van der Waals surface area contributed by atoms with Crippen molar-refractivity contribution in [3.8, 4) is 0 Å². The second-order valence-electron chi connectivity index (χ2n) is 0. The number of hydrogen-bond donors (Lipinski definition) is 0. The summed E-state index contributed by atoms with van der Waals surface area (Å²) in [5.74, 6) is 0. The van der Waals surface area contributed by atoms with Crippen molar-refractivity contribution in [1.82, 2.24) is 0 Å². The Morgan fingerprint density at radius 3 is 0.0600 bits per heavy atom. The SMILES string of the molecule is [Co].[Co].[Co].[Co].[Co].[Co].[Co].[Co].[Co].[Co].[Co].[Co].[Co].[Co].[Co].[Co].[Co].[Co].[Co].[Co].[Co].[Co].[Co].[Co].[Co].[Co].[Co].[Co].[Co].[Co].[Fe].[Fe].[Fe].[Fe].[Fe].[Fe].[Fe].[Fe].[Fe].[Fe].[Tb].[Tb].[Tb].[Tb].[Tb].[Tb].[Tb].[Tb].[Tb].[Tb]. The molecule has 0 nitrogen and oxygen atoms in total. The fraction of sp³-hybridized carbons (Fsp3) is 0. The summed E-state index contributed by atoms with van der Waals surface area (Å²) in [4.78, 5) is 0. The molecule has 0 saturated heterocycles. The predicted octanol–water partition coefficient (Wildman–Crippen LogP) is -0.100. The van der Waals surface area contributed by atoms with Crippen LogP contribution in [-0.2, 0) is 674 Å². The maximum atomic E-state index is 0. The van der Waals surface area contributed by atoms with Gasteiger partial charge in [-0.1, -0.05) is 0 Å². The minimum absolute atomic E-state index is 0. The second kappa shape index (κ2) is 491. The summed E-state index contributed by atoms with van der Waals surface area (Å²) in [6.07, 6.45) is 0. The third kappa shape index (κ3) is 473. The Morgan fingerprint density at radius 2 is 0.0600 bits per heavy atom. The van der Waals surface area contributed by atoms with Crippen LogP contribution in [0.2, 0.25) is 0 Å². The third-order valence-corrected chi connectivity index (χ3v) is 0. The molecule has 0 saturated carbocycles. The van der Waals surface area contributed by atoms with E-state index in [0.717, 1.165) is 0 Å². The summed E-state index contributed by atoms with van der Waals surface area (Å²) in [6, 6.07) is 0. The van der Waals surface area contributed by atoms with Crippen molar-refractivity contribution in [3.63, 3.8) is 0 Å². The Hall–Kier alpha value is 33.2. The Balaban J connectivity index is 0. The zero-order valence-corrected chi connectivity index (χ0v) is 80.5. The first-order valence-corrected chi connectivity index (χ1v) is 0. The summed E-state index contributed by atoms with van der Waals surface area (Å²) in [7, 11) is 0. The van der Waals surface area contributed by atoms with Crippen LogP contribution in [0.3, 0.4) is 0 Å². The molecule has 0 fully saturated rings. The van der Waals surface area contributed by atoms with Crippen LogP contribution in [0.15, 0.2) is 0 Å². The fourth-order valence-electron chi connectivity index (χ4n) is 0. The molecule has 0 aromatic rings. The van der Waals surface area contributed by atoms with Gasteiger partial charge in [-0.05, 0) is 0 Å². The molecular weight excluding hydrogens is 3920 g/mol. The zero-order chi connectivity index (χ0) is 0. The fourth-order valence-corrected chi connectivity index (χ4v) is 0. The van der Waals surface area contributed by atoms with Crippen LogP contribution in [0.4, 0.5) is 0 Å². The largest absolute Gasteiger partial charge is 0 e. The van der Waals surface area contributed by atoms with Crippen LogP contribution < -0.4 is 0 Å². The van der Waals surface area contributed by atoms with Gasteiger partial charge in [-0.3, -0.25) is 0 Å². The minimum atomic E-state index is 0. The van der Waals surface area contributed by atoms with Gasteiger partial charge in [0.1, 0.15) is 0 Å². The molecule has 0 N–H and O–H groups in total. The molecule has 0 aliphatic carbocycles. The minimum Gasteiger partial charge on any atom is 0 e. The van der Waals surface area contributed by atoms with E-state index in [-0.39, 0.29) is 1060 Å². The normalized spacial score (nSPS) is 0. The van der Waals surface area contributed by atoms with Gasteiger partial charge in [0, 0.05) is 1060 Å². The first kappa shape index (κ1) is 509. The molecule has 0 aromatic heterocycles. The molecule has 0 aliphatic rings. The molecule has 0 amide bonds. The standard InChI is InChI=1S/30Co.10Fe.10Tb. The first-order valence-electron chi connectivity index (χ1n) is 0. The van der Waals surface area contributed by atoms with E-state index >= 15 is 0 Å². The Kier molecular flexibility index (Phi) is 5000. The van der Waals surface area contributed by atoms with Crippen molar-refractivity contribution < 1.29 is 1060 Å². The molecule has 0 heterocycles. The summed E-state index contributed by atoms with van der Waals surface area (Å²) in [6.45, 7) is 0. The van der Waals surface area contributed by atoms with E-state index in [1.807, 2.05) is 0 Å². The van der Waals surface area contributed by atoms with Gasteiger partial charge in [0.25, 0.3) is 0 Å². The van der Waals surface area contributed by atoms with E-state index in [4.69, 9.17) is 0 Å². The molecule has 0 bridgehead atoms. The summed E-state index contributed by atoms with van der Waals surface area (Å²) >= 11 is 0. The average molecular weight is 3920 g/mol. The number of rotatable bonds is 0. The monoisotopic (exact) mass is 3920 g/mol. The molecule has 40 radical (unpaired) electrons. The summed E-state index contributed by atoms with van der Waals surface area (Å²) in [5.41, 5.74) is 0. The van der Waals surface area contributed by atoms with Gasteiger partial charge in [-0.15, -0.1) is 0 Å². The van der Waals surface area contributed by atoms with Gasteiger partial charge in [-0.25, -0.2) is 0 Å². The summed E-state index contributed by atoms with van der Waals surface area (Å²) in [5, 5.41) is 0. The predicted molar refractivity (Wildman–Crippen MR) is 0 cm³/mol. The Labute approximate surface area is 1030 Å². The van der Waals surface area contributed by atoms with E-state index in [0.29, 0.717) is 0 Å². The molecule has 0 aromatic carbocycles. The zero-order valence-electron chi connectivity index (χ0n) is 16.9. The van der Waals surface area contributed by atoms with E-state index < -0.39 is 0 Å². The van der Waals surface area contributed by atoms with Crippen LogP contribution in [0, 0.1) is 386 Å². The molecule has 0 atom stereocenters. The van der Waals surface area contributed by atoms with E-state index in [1.165, 1.54) is 0 Å². The van der Waals surface area contributed by atoms with Gasteiger partial charge in [0.05, 0.1) is 0 Å². The molecule has 440 valence electrons. The second-order valence-corrected chi connectivity index (χ2v) is 0. The van der Waals surface area contributed by atoms with Crippen LogP contribution in [0.1, 0.15) is 0 Å². The molecule has 50 heavy (non-hydrogen) atoms. The van der Waals surface area contributed by atoms with Gasteiger partial charge in [-0.2, -0.15) is 0 Å². The van der Waals surface area contributed by atoms with Crippen molar-refractivity contribution >= 4 is 0 Å². The Bertz CT molecular complexity index is 68.5. The van der Waals surface area contributed by atoms with E-state index in [2.05, 4.69) is 0 Å². The average Bonchev–Trinajstić information content (AvgIpc) is 0. The van der Waals surface area contributed by atoms with Crippen LogP contribution in [0.5, 0.6) is 0 Å². The molecule has 0 spiro atoms. The maximum absolute atomic E-state index is 0. The van der Waals surface area contributed by atoms with Crippen molar-refractivity contribution in [2.24, 2.45) is 0 Å². The van der Waals surface area contributed by atoms with Crippen molar-refractivity contribution in [2.75, 3.05) is 0 Å². The van der Waals surface area contributed by atoms with Gasteiger partial charge >= 0.3 is 0 Å². The molecular formula is Co30Fe10Tb10. The van der Waals surface area contributed by atoms with Crippen LogP contribution in [0.25, 0.3) is 0 Å². The third-order valence-electron chi connectivity index (χ3n) is 0. The van der Waals surface area contributed by atoms with Crippen molar-refractivity contribution in [2.45, 2.75) is 0 Å². The smallest absolute Gasteiger partial charge is 0 e. The topological polar surface area (TPSA) is 0 Å². The quantitative estimate of drug-likeness (QED) is 0.298. The molecule has 0 unspecified atom stereocenters. The molecule has 50 heteroatoms.